The van der Waals surface area contributed by atoms with E-state index in [1.54, 1.807) is 48.5 Å². The predicted octanol–water partition coefficient (Wildman–Crippen LogP) is 3.41. The second-order valence-electron chi connectivity index (χ2n) is 4.62. The first kappa shape index (κ1) is 13.2. The molecule has 0 unspecified atom stereocenters. The molecule has 1 heterocycles. The van der Waals surface area contributed by atoms with Crippen molar-refractivity contribution in [3.63, 3.8) is 0 Å². The lowest BCUT2D eigenvalue weighted by Gasteiger charge is -2.03. The van der Waals surface area contributed by atoms with Gasteiger partial charge in [0.25, 0.3) is 0 Å². The van der Waals surface area contributed by atoms with Crippen molar-refractivity contribution in [2.24, 2.45) is 0 Å². The van der Waals surface area contributed by atoms with E-state index in [9.17, 15) is 9.90 Å². The molecule has 106 valence electrons. The number of carbonyl (C=O) groups excluding carboxylic acids is 1. The molecule has 4 heteroatoms. The lowest BCUT2D eigenvalue weighted by atomic mass is 10.1. The standard InChI is InChI=1S/C17H14O4/c1-2-20-13-7-8-14-15(10-13)21-16(17(14)19)9-11-3-5-12(18)6-4-11/h3-10,18H,2H2,1H3/b16-9-. The average Bonchev–Trinajstić information content (AvgIpc) is 2.78. The van der Waals surface area contributed by atoms with Crippen molar-refractivity contribution in [3.8, 4) is 17.2 Å². The van der Waals surface area contributed by atoms with Crippen LogP contribution in [-0.4, -0.2) is 17.5 Å². The number of hydrogen-bond donors (Lipinski definition) is 1. The van der Waals surface area contributed by atoms with Gasteiger partial charge in [0.05, 0.1) is 12.2 Å². The minimum atomic E-state index is -0.152. The summed E-state index contributed by atoms with van der Waals surface area (Å²) in [5, 5.41) is 9.26. The normalized spacial score (nSPS) is 14.9. The van der Waals surface area contributed by atoms with Crippen LogP contribution in [0.1, 0.15) is 22.8 Å². The molecule has 0 aliphatic carbocycles. The molecule has 2 aromatic rings. The lowest BCUT2D eigenvalue weighted by Crippen LogP contribution is -1.97. The van der Waals surface area contributed by atoms with Gasteiger partial charge in [-0.25, -0.2) is 0 Å². The molecule has 1 aliphatic rings. The van der Waals surface area contributed by atoms with Crippen LogP contribution in [0.15, 0.2) is 48.2 Å². The second-order valence-corrected chi connectivity index (χ2v) is 4.62. The number of phenolic OH excluding ortho intramolecular Hbond substituents is 1. The molecule has 3 rings (SSSR count). The molecular formula is C17H14O4. The third-order valence-corrected chi connectivity index (χ3v) is 3.14. The number of aromatic hydroxyl groups is 1. The van der Waals surface area contributed by atoms with Gasteiger partial charge < -0.3 is 14.6 Å². The third-order valence-electron chi connectivity index (χ3n) is 3.14. The SMILES string of the molecule is CCOc1ccc2c(c1)O/C(=C\c1ccc(O)cc1)C2=O. The van der Waals surface area contributed by atoms with Crippen molar-refractivity contribution >= 4 is 11.9 Å². The fraction of sp³-hybridized carbons (Fsp3) is 0.118. The number of allylic oxidation sites excluding steroid dienone is 1. The molecule has 0 bridgehead atoms. The largest absolute Gasteiger partial charge is 0.508 e. The Kier molecular flexibility index (Phi) is 3.36. The highest BCUT2D eigenvalue weighted by Crippen LogP contribution is 2.34. The van der Waals surface area contributed by atoms with E-state index >= 15 is 0 Å². The highest BCUT2D eigenvalue weighted by atomic mass is 16.5. The van der Waals surface area contributed by atoms with Gasteiger partial charge in [0, 0.05) is 6.07 Å². The highest BCUT2D eigenvalue weighted by Gasteiger charge is 2.27. The Morgan fingerprint density at radius 1 is 1.19 bits per heavy atom. The number of Topliss-reactive ketones (excluding diaryl/α,β-unsaturated/α-hetero) is 1. The van der Waals surface area contributed by atoms with Crippen LogP contribution in [0.25, 0.3) is 6.08 Å². The fourth-order valence-electron chi connectivity index (χ4n) is 2.15. The Morgan fingerprint density at radius 2 is 1.95 bits per heavy atom. The van der Waals surface area contributed by atoms with Crippen molar-refractivity contribution < 1.29 is 19.4 Å². The van der Waals surface area contributed by atoms with Crippen molar-refractivity contribution in [3.05, 3.63) is 59.4 Å². The summed E-state index contributed by atoms with van der Waals surface area (Å²) < 4.78 is 11.0. The molecule has 0 saturated carbocycles. The Bertz CT molecular complexity index is 714. The zero-order valence-electron chi connectivity index (χ0n) is 11.5. The molecule has 0 aromatic heterocycles. The first-order valence-electron chi connectivity index (χ1n) is 6.67. The van der Waals surface area contributed by atoms with Crippen molar-refractivity contribution in [2.45, 2.75) is 6.92 Å². The van der Waals surface area contributed by atoms with Gasteiger partial charge in [-0.1, -0.05) is 12.1 Å². The first-order valence-corrected chi connectivity index (χ1v) is 6.67. The van der Waals surface area contributed by atoms with E-state index in [1.807, 2.05) is 6.92 Å². The van der Waals surface area contributed by atoms with Gasteiger partial charge in [0.2, 0.25) is 5.78 Å². The zero-order chi connectivity index (χ0) is 14.8. The molecule has 0 radical (unpaired) electrons. The molecule has 0 saturated heterocycles. The predicted molar refractivity (Wildman–Crippen MR) is 78.7 cm³/mol. The van der Waals surface area contributed by atoms with Gasteiger partial charge in [-0.3, -0.25) is 4.79 Å². The molecule has 4 nitrogen and oxygen atoms in total. The maximum absolute atomic E-state index is 12.3. The summed E-state index contributed by atoms with van der Waals surface area (Å²) in [5.41, 5.74) is 1.32. The van der Waals surface area contributed by atoms with Gasteiger partial charge in [-0.15, -0.1) is 0 Å². The van der Waals surface area contributed by atoms with Crippen LogP contribution in [0.5, 0.6) is 17.2 Å². The van der Waals surface area contributed by atoms with Crippen LogP contribution in [0.4, 0.5) is 0 Å². The summed E-state index contributed by atoms with van der Waals surface area (Å²) in [6.45, 7) is 2.46. The molecular weight excluding hydrogens is 268 g/mol. The Morgan fingerprint density at radius 3 is 2.67 bits per heavy atom. The quantitative estimate of drug-likeness (QED) is 0.876. The summed E-state index contributed by atoms with van der Waals surface area (Å²) in [6, 6.07) is 11.7. The summed E-state index contributed by atoms with van der Waals surface area (Å²) in [7, 11) is 0. The third kappa shape index (κ3) is 2.60. The lowest BCUT2D eigenvalue weighted by molar-refractivity contribution is 0.101. The van der Waals surface area contributed by atoms with Crippen LogP contribution < -0.4 is 9.47 Å². The summed E-state index contributed by atoms with van der Waals surface area (Å²) in [5.74, 6) is 1.48. The number of hydrogen-bond acceptors (Lipinski definition) is 4. The second kappa shape index (κ2) is 5.32. The zero-order valence-corrected chi connectivity index (χ0v) is 11.5. The van der Waals surface area contributed by atoms with Gasteiger partial charge in [-0.2, -0.15) is 0 Å². The van der Waals surface area contributed by atoms with Gasteiger partial charge in [0.1, 0.15) is 17.2 Å². The van der Waals surface area contributed by atoms with E-state index in [1.165, 1.54) is 0 Å². The molecule has 2 aromatic carbocycles. The van der Waals surface area contributed by atoms with E-state index in [2.05, 4.69) is 0 Å². The van der Waals surface area contributed by atoms with Crippen LogP contribution in [-0.2, 0) is 0 Å². The van der Waals surface area contributed by atoms with E-state index in [0.29, 0.717) is 23.7 Å². The van der Waals surface area contributed by atoms with Crippen molar-refractivity contribution in [1.82, 2.24) is 0 Å². The monoisotopic (exact) mass is 282 g/mol. The Balaban J connectivity index is 1.90. The van der Waals surface area contributed by atoms with E-state index in [-0.39, 0.29) is 17.3 Å². The average molecular weight is 282 g/mol. The molecule has 0 atom stereocenters. The number of rotatable bonds is 3. The maximum atomic E-state index is 12.3. The number of fused-ring (bicyclic) bond motifs is 1. The molecule has 1 N–H and O–H groups in total. The van der Waals surface area contributed by atoms with E-state index < -0.39 is 0 Å². The molecule has 1 aliphatic heterocycles. The van der Waals surface area contributed by atoms with Crippen LogP contribution in [0, 0.1) is 0 Å². The first-order chi connectivity index (χ1) is 10.2. The van der Waals surface area contributed by atoms with Crippen LogP contribution >= 0.6 is 0 Å². The smallest absolute Gasteiger partial charge is 0.231 e. The van der Waals surface area contributed by atoms with E-state index in [4.69, 9.17) is 9.47 Å². The maximum Gasteiger partial charge on any atom is 0.231 e. The summed E-state index contributed by atoms with van der Waals surface area (Å²) in [4.78, 5) is 12.3. The fourth-order valence-corrected chi connectivity index (χ4v) is 2.15. The van der Waals surface area contributed by atoms with Crippen LogP contribution in [0.3, 0.4) is 0 Å². The minimum Gasteiger partial charge on any atom is -0.508 e. The topological polar surface area (TPSA) is 55.8 Å². The summed E-state index contributed by atoms with van der Waals surface area (Å²) in [6.07, 6.45) is 1.65. The van der Waals surface area contributed by atoms with Gasteiger partial charge in [-0.05, 0) is 42.8 Å². The number of benzene rings is 2. The van der Waals surface area contributed by atoms with Gasteiger partial charge in [0.15, 0.2) is 5.76 Å². The van der Waals surface area contributed by atoms with Crippen molar-refractivity contribution in [2.75, 3.05) is 6.61 Å². The van der Waals surface area contributed by atoms with Crippen molar-refractivity contribution in [1.29, 1.82) is 0 Å². The molecule has 0 fully saturated rings. The Labute approximate surface area is 122 Å². The number of carbonyl (C=O) groups is 1. The molecule has 0 amide bonds. The number of ketones is 1. The highest BCUT2D eigenvalue weighted by molar-refractivity contribution is 6.14. The summed E-state index contributed by atoms with van der Waals surface area (Å²) >= 11 is 0. The van der Waals surface area contributed by atoms with Gasteiger partial charge >= 0.3 is 0 Å². The molecule has 0 spiro atoms. The van der Waals surface area contributed by atoms with E-state index in [0.717, 1.165) is 5.56 Å². The Hall–Kier alpha value is -2.75. The number of phenols is 1. The molecule has 21 heavy (non-hydrogen) atoms. The number of ether oxygens (including phenoxy) is 2. The minimum absolute atomic E-state index is 0.152. The van der Waals surface area contributed by atoms with Crippen LogP contribution in [0.2, 0.25) is 0 Å².